The fourth-order valence-corrected chi connectivity index (χ4v) is 4.85. The highest BCUT2D eigenvalue weighted by molar-refractivity contribution is 4.81. The molecule has 0 saturated carbocycles. The zero-order valence-electron chi connectivity index (χ0n) is 22.2. The summed E-state index contributed by atoms with van der Waals surface area (Å²) >= 11 is 0. The highest BCUT2D eigenvalue weighted by Crippen LogP contribution is 2.37. The molecule has 1 unspecified atom stereocenters. The van der Waals surface area contributed by atoms with Gasteiger partial charge in [0.05, 0.1) is 0 Å². The fourth-order valence-electron chi connectivity index (χ4n) is 4.85. The molecule has 0 bridgehead atoms. The Balaban J connectivity index is 4.80. The van der Waals surface area contributed by atoms with Crippen LogP contribution in [0.3, 0.4) is 0 Å². The van der Waals surface area contributed by atoms with Crippen LogP contribution >= 0.6 is 0 Å². The van der Waals surface area contributed by atoms with Gasteiger partial charge in [-0.15, -0.1) is 0 Å². The van der Waals surface area contributed by atoms with Crippen molar-refractivity contribution in [3.63, 3.8) is 0 Å². The summed E-state index contributed by atoms with van der Waals surface area (Å²) in [6.45, 7) is 11.1. The van der Waals surface area contributed by atoms with E-state index in [9.17, 15) is 0 Å². The third-order valence-corrected chi connectivity index (χ3v) is 6.59. The number of rotatable bonds is 25. The van der Waals surface area contributed by atoms with Crippen molar-refractivity contribution in [1.82, 2.24) is 0 Å². The second-order valence-electron chi connectivity index (χ2n) is 9.29. The maximum Gasteiger partial charge on any atom is 0.171 e. The Bertz CT molecular complexity index is 339. The van der Waals surface area contributed by atoms with Gasteiger partial charge in [-0.1, -0.05) is 97.3 Å². The van der Waals surface area contributed by atoms with Crippen LogP contribution in [0, 0.1) is 5.92 Å². The van der Waals surface area contributed by atoms with Gasteiger partial charge >= 0.3 is 0 Å². The molecule has 31 heavy (non-hydrogen) atoms. The second kappa shape index (κ2) is 23.1. The van der Waals surface area contributed by atoms with Gasteiger partial charge in [-0.3, -0.25) is 0 Å². The molecule has 0 fully saturated rings. The van der Waals surface area contributed by atoms with Crippen molar-refractivity contribution in [1.29, 1.82) is 0 Å². The van der Waals surface area contributed by atoms with Gasteiger partial charge in [0.25, 0.3) is 0 Å². The summed E-state index contributed by atoms with van der Waals surface area (Å²) in [7, 11) is 1.81. The Labute approximate surface area is 196 Å². The van der Waals surface area contributed by atoms with Crippen molar-refractivity contribution in [2.75, 3.05) is 26.9 Å². The minimum absolute atomic E-state index is 0.400. The SMILES string of the molecule is CCCCCCCCCCC(OCC)(OCC)C(CCCCCCCC)CCCOC. The molecule has 1 atom stereocenters. The van der Waals surface area contributed by atoms with Crippen LogP contribution in [0.4, 0.5) is 0 Å². The molecule has 0 spiro atoms. The smallest absolute Gasteiger partial charge is 0.171 e. The summed E-state index contributed by atoms with van der Waals surface area (Å²) in [6, 6.07) is 0. The van der Waals surface area contributed by atoms with Crippen LogP contribution in [0.15, 0.2) is 0 Å². The monoisotopic (exact) mass is 442 g/mol. The molecule has 0 amide bonds. The first-order valence-electron chi connectivity index (χ1n) is 14.0. The van der Waals surface area contributed by atoms with E-state index in [-0.39, 0.29) is 0 Å². The predicted octanol–water partition coefficient (Wildman–Crippen LogP) is 9.08. The van der Waals surface area contributed by atoms with Crippen LogP contribution in [-0.2, 0) is 14.2 Å². The molecule has 0 aromatic rings. The summed E-state index contributed by atoms with van der Waals surface area (Å²) in [4.78, 5) is 0. The third kappa shape index (κ3) is 16.2. The summed E-state index contributed by atoms with van der Waals surface area (Å²) in [5, 5.41) is 0. The van der Waals surface area contributed by atoms with Crippen molar-refractivity contribution in [3.05, 3.63) is 0 Å². The van der Waals surface area contributed by atoms with E-state index in [0.29, 0.717) is 5.92 Å². The van der Waals surface area contributed by atoms with Crippen molar-refractivity contribution in [3.8, 4) is 0 Å². The van der Waals surface area contributed by atoms with E-state index in [1.165, 1.54) is 96.3 Å². The summed E-state index contributed by atoms with van der Waals surface area (Å²) in [5.74, 6) is 0.0707. The van der Waals surface area contributed by atoms with Crippen LogP contribution < -0.4 is 0 Å². The van der Waals surface area contributed by atoms with Crippen molar-refractivity contribution >= 4 is 0 Å². The number of ether oxygens (including phenoxy) is 3. The highest BCUT2D eigenvalue weighted by Gasteiger charge is 2.39. The lowest BCUT2D eigenvalue weighted by molar-refractivity contribution is -0.271. The van der Waals surface area contributed by atoms with Gasteiger partial charge in [-0.25, -0.2) is 0 Å². The van der Waals surface area contributed by atoms with Gasteiger partial charge < -0.3 is 14.2 Å². The molecule has 0 N–H and O–H groups in total. The number of methoxy groups -OCH3 is 1. The van der Waals surface area contributed by atoms with Gasteiger partial charge in [0.2, 0.25) is 0 Å². The molecule has 3 heteroatoms. The quantitative estimate of drug-likeness (QED) is 0.104. The Morgan fingerprint density at radius 1 is 0.548 bits per heavy atom. The zero-order valence-corrected chi connectivity index (χ0v) is 22.2. The first kappa shape index (κ1) is 30.9. The average molecular weight is 443 g/mol. The Morgan fingerprint density at radius 2 is 1.00 bits per heavy atom. The summed E-state index contributed by atoms with van der Waals surface area (Å²) < 4.78 is 18.3. The van der Waals surface area contributed by atoms with E-state index in [0.717, 1.165) is 39.1 Å². The van der Waals surface area contributed by atoms with Crippen molar-refractivity contribution in [2.45, 2.75) is 149 Å². The molecule has 0 saturated heterocycles. The normalized spacial score (nSPS) is 13.1. The largest absolute Gasteiger partial charge is 0.385 e. The minimum Gasteiger partial charge on any atom is -0.385 e. The lowest BCUT2D eigenvalue weighted by atomic mass is 9.84. The topological polar surface area (TPSA) is 27.7 Å². The standard InChI is InChI=1S/C28H58O3/c1-6-10-12-14-16-17-19-21-25-28(30-8-3,31-9-4)27(24-22-26-29-5)23-20-18-15-13-11-7-2/h27H,6-26H2,1-5H3. The molecule has 3 nitrogen and oxygen atoms in total. The van der Waals surface area contributed by atoms with Crippen molar-refractivity contribution in [2.24, 2.45) is 5.92 Å². The summed E-state index contributed by atoms with van der Waals surface area (Å²) in [6.07, 6.45) is 23.3. The van der Waals surface area contributed by atoms with Gasteiger partial charge in [-0.05, 0) is 39.5 Å². The lowest BCUT2D eigenvalue weighted by Crippen LogP contribution is -2.44. The van der Waals surface area contributed by atoms with Crippen LogP contribution in [0.2, 0.25) is 0 Å². The van der Waals surface area contributed by atoms with Crippen molar-refractivity contribution < 1.29 is 14.2 Å². The van der Waals surface area contributed by atoms with Gasteiger partial charge in [-0.2, -0.15) is 0 Å². The number of unbranched alkanes of at least 4 members (excludes halogenated alkanes) is 12. The highest BCUT2D eigenvalue weighted by atomic mass is 16.7. The number of hydrogen-bond acceptors (Lipinski definition) is 3. The summed E-state index contributed by atoms with van der Waals surface area (Å²) in [5.41, 5.74) is 0. The van der Waals surface area contributed by atoms with Crippen LogP contribution in [-0.4, -0.2) is 32.7 Å². The minimum atomic E-state index is -0.400. The zero-order chi connectivity index (χ0) is 23.0. The fraction of sp³-hybridized carbons (Fsp3) is 1.00. The Kier molecular flexibility index (Phi) is 23.0. The van der Waals surface area contributed by atoms with Crippen LogP contribution in [0.1, 0.15) is 143 Å². The Hall–Kier alpha value is -0.120. The third-order valence-electron chi connectivity index (χ3n) is 6.59. The molecule has 0 aliphatic heterocycles. The van der Waals surface area contributed by atoms with E-state index in [1.54, 1.807) is 0 Å². The maximum absolute atomic E-state index is 6.46. The number of hydrogen-bond donors (Lipinski definition) is 0. The molecule has 188 valence electrons. The Morgan fingerprint density at radius 3 is 1.48 bits per heavy atom. The van der Waals surface area contributed by atoms with E-state index < -0.39 is 5.79 Å². The maximum atomic E-state index is 6.46. The van der Waals surface area contributed by atoms with Gasteiger partial charge in [0.15, 0.2) is 5.79 Å². The van der Waals surface area contributed by atoms with E-state index >= 15 is 0 Å². The van der Waals surface area contributed by atoms with Crippen LogP contribution in [0.25, 0.3) is 0 Å². The molecule has 0 aliphatic rings. The lowest BCUT2D eigenvalue weighted by Gasteiger charge is -2.41. The first-order valence-corrected chi connectivity index (χ1v) is 14.0. The molecule has 0 aliphatic carbocycles. The molecule has 0 radical (unpaired) electrons. The first-order chi connectivity index (χ1) is 15.2. The van der Waals surface area contributed by atoms with Crippen LogP contribution in [0.5, 0.6) is 0 Å². The average Bonchev–Trinajstić information content (AvgIpc) is 2.77. The van der Waals surface area contributed by atoms with Gasteiger partial charge in [0.1, 0.15) is 0 Å². The van der Waals surface area contributed by atoms with Gasteiger partial charge in [0, 0.05) is 39.3 Å². The molecule has 0 rings (SSSR count). The molecule has 0 aromatic carbocycles. The predicted molar refractivity (Wildman–Crippen MR) is 136 cm³/mol. The molecular formula is C28H58O3. The second-order valence-corrected chi connectivity index (χ2v) is 9.29. The molecular weight excluding hydrogens is 384 g/mol. The molecule has 0 heterocycles. The van der Waals surface area contributed by atoms with E-state index in [4.69, 9.17) is 14.2 Å². The van der Waals surface area contributed by atoms with E-state index in [2.05, 4.69) is 27.7 Å². The van der Waals surface area contributed by atoms with E-state index in [1.807, 2.05) is 7.11 Å². The molecule has 0 aromatic heterocycles.